The molecule has 3 heteroatoms. The molecule has 0 aliphatic carbocycles. The number of ether oxygens (including phenoxy) is 1. The monoisotopic (exact) mass is 309 g/mol. The minimum Gasteiger partial charge on any atom is -0.489 e. The minimum absolute atomic E-state index is 0.200. The van der Waals surface area contributed by atoms with Crippen molar-refractivity contribution in [1.29, 1.82) is 0 Å². The van der Waals surface area contributed by atoms with Crippen molar-refractivity contribution in [3.05, 3.63) is 71.0 Å². The highest BCUT2D eigenvalue weighted by atomic mass is 19.1. The van der Waals surface area contributed by atoms with E-state index in [9.17, 15) is 4.39 Å². The highest BCUT2D eigenvalue weighted by Gasteiger charge is 2.24. The fourth-order valence-corrected chi connectivity index (χ4v) is 3.59. The second kappa shape index (κ2) is 6.17. The van der Waals surface area contributed by atoms with Gasteiger partial charge in [-0.2, -0.15) is 0 Å². The second-order valence-corrected chi connectivity index (χ2v) is 6.27. The van der Waals surface area contributed by atoms with Crippen LogP contribution in [0.25, 0.3) is 5.57 Å². The number of hydrogen-bond acceptors (Lipinski definition) is 2. The molecule has 0 aromatic heterocycles. The van der Waals surface area contributed by atoms with Crippen LogP contribution in [0.5, 0.6) is 5.75 Å². The number of nitrogens with one attached hydrogen (secondary N) is 1. The predicted molar refractivity (Wildman–Crippen MR) is 90.0 cm³/mol. The first-order chi connectivity index (χ1) is 11.3. The van der Waals surface area contributed by atoms with E-state index in [1.807, 2.05) is 30.3 Å². The molecule has 2 aromatic carbocycles. The summed E-state index contributed by atoms with van der Waals surface area (Å²) in [5.74, 6) is 0.712. The van der Waals surface area contributed by atoms with Crippen LogP contribution >= 0.6 is 0 Å². The molecule has 2 nitrogen and oxygen atoms in total. The molecule has 2 aliphatic rings. The maximum Gasteiger partial charge on any atom is 0.127 e. The molecule has 0 radical (unpaired) electrons. The standard InChI is InChI=1S/C20H20FNO/c21-16-9-7-14(8-10-16)20-15(12-17-4-3-11-22-17)13-23-19-6-2-1-5-18(19)20/h1-2,5-10,17,22H,3-4,11-13H2. The quantitative estimate of drug-likeness (QED) is 0.919. The number of halogens is 1. The highest BCUT2D eigenvalue weighted by molar-refractivity contribution is 5.86. The molecule has 118 valence electrons. The molecule has 2 aliphatic heterocycles. The first-order valence-electron chi connectivity index (χ1n) is 8.25. The normalized spacial score (nSPS) is 20.3. The van der Waals surface area contributed by atoms with Gasteiger partial charge in [0.15, 0.2) is 0 Å². The van der Waals surface area contributed by atoms with Crippen LogP contribution in [0.2, 0.25) is 0 Å². The Morgan fingerprint density at radius 2 is 1.91 bits per heavy atom. The molecule has 1 fully saturated rings. The Morgan fingerprint density at radius 1 is 1.09 bits per heavy atom. The van der Waals surface area contributed by atoms with E-state index in [2.05, 4.69) is 11.4 Å². The molecule has 1 atom stereocenters. The molecule has 1 N–H and O–H groups in total. The largest absolute Gasteiger partial charge is 0.489 e. The Hall–Kier alpha value is -2.13. The lowest BCUT2D eigenvalue weighted by atomic mass is 9.88. The third kappa shape index (κ3) is 2.89. The Balaban J connectivity index is 1.80. The lowest BCUT2D eigenvalue weighted by Crippen LogP contribution is -2.24. The molecule has 0 spiro atoms. The summed E-state index contributed by atoms with van der Waals surface area (Å²) >= 11 is 0. The summed E-state index contributed by atoms with van der Waals surface area (Å²) < 4.78 is 19.3. The Morgan fingerprint density at radius 3 is 2.70 bits per heavy atom. The van der Waals surface area contributed by atoms with Crippen LogP contribution in [0.15, 0.2) is 54.1 Å². The maximum atomic E-state index is 13.3. The minimum atomic E-state index is -0.200. The molecule has 0 amide bonds. The lowest BCUT2D eigenvalue weighted by Gasteiger charge is -2.26. The van der Waals surface area contributed by atoms with Crippen molar-refractivity contribution in [2.75, 3.05) is 13.2 Å². The Bertz CT molecular complexity index is 730. The van der Waals surface area contributed by atoms with E-state index >= 15 is 0 Å². The van der Waals surface area contributed by atoms with Crippen LogP contribution in [0.4, 0.5) is 4.39 Å². The van der Waals surface area contributed by atoms with Crippen LogP contribution in [0, 0.1) is 5.82 Å². The van der Waals surface area contributed by atoms with Crippen LogP contribution in [0.1, 0.15) is 30.4 Å². The third-order valence-electron chi connectivity index (χ3n) is 4.70. The molecule has 4 rings (SSSR count). The average Bonchev–Trinajstić information content (AvgIpc) is 3.09. The van der Waals surface area contributed by atoms with E-state index < -0.39 is 0 Å². The molecule has 23 heavy (non-hydrogen) atoms. The molecular formula is C20H20FNO. The summed E-state index contributed by atoms with van der Waals surface area (Å²) in [6, 6.07) is 15.4. The fourth-order valence-electron chi connectivity index (χ4n) is 3.59. The van der Waals surface area contributed by atoms with Gasteiger partial charge in [0, 0.05) is 11.6 Å². The number of para-hydroxylation sites is 1. The zero-order valence-electron chi connectivity index (χ0n) is 13.0. The van der Waals surface area contributed by atoms with E-state index in [0.29, 0.717) is 12.6 Å². The summed E-state index contributed by atoms with van der Waals surface area (Å²) in [6.07, 6.45) is 3.43. The predicted octanol–water partition coefficient (Wildman–Crippen LogP) is 4.16. The third-order valence-corrected chi connectivity index (χ3v) is 4.70. The number of benzene rings is 2. The molecule has 0 bridgehead atoms. The molecule has 0 saturated carbocycles. The summed E-state index contributed by atoms with van der Waals surface area (Å²) in [7, 11) is 0. The number of rotatable bonds is 3. The smallest absolute Gasteiger partial charge is 0.127 e. The van der Waals surface area contributed by atoms with Gasteiger partial charge in [0.25, 0.3) is 0 Å². The van der Waals surface area contributed by atoms with Crippen molar-refractivity contribution in [3.63, 3.8) is 0 Å². The zero-order chi connectivity index (χ0) is 15.6. The van der Waals surface area contributed by atoms with E-state index in [0.717, 1.165) is 29.8 Å². The van der Waals surface area contributed by atoms with Crippen LogP contribution < -0.4 is 10.1 Å². The molecule has 1 saturated heterocycles. The van der Waals surface area contributed by atoms with Crippen molar-refractivity contribution in [2.45, 2.75) is 25.3 Å². The van der Waals surface area contributed by atoms with Crippen LogP contribution in [-0.4, -0.2) is 19.2 Å². The van der Waals surface area contributed by atoms with Gasteiger partial charge in [0.2, 0.25) is 0 Å². The van der Waals surface area contributed by atoms with Crippen molar-refractivity contribution >= 4 is 5.57 Å². The number of fused-ring (bicyclic) bond motifs is 1. The average molecular weight is 309 g/mol. The van der Waals surface area contributed by atoms with Gasteiger partial charge in [-0.1, -0.05) is 30.3 Å². The van der Waals surface area contributed by atoms with Gasteiger partial charge in [0.1, 0.15) is 18.2 Å². The molecule has 2 aromatic rings. The summed E-state index contributed by atoms with van der Waals surface area (Å²) in [4.78, 5) is 0. The van der Waals surface area contributed by atoms with Crippen molar-refractivity contribution < 1.29 is 9.13 Å². The van der Waals surface area contributed by atoms with Gasteiger partial charge in [-0.15, -0.1) is 0 Å². The van der Waals surface area contributed by atoms with E-state index in [-0.39, 0.29) is 5.82 Å². The summed E-state index contributed by atoms with van der Waals surface area (Å²) in [5, 5.41) is 3.56. The van der Waals surface area contributed by atoms with Gasteiger partial charge in [0.05, 0.1) is 0 Å². The first-order valence-corrected chi connectivity index (χ1v) is 8.25. The number of hydrogen-bond donors (Lipinski definition) is 1. The van der Waals surface area contributed by atoms with Crippen molar-refractivity contribution in [2.24, 2.45) is 0 Å². The maximum absolute atomic E-state index is 13.3. The van der Waals surface area contributed by atoms with E-state index in [1.165, 1.54) is 36.1 Å². The SMILES string of the molecule is Fc1ccc(C2=C(CC3CCCN3)COc3ccccc32)cc1. The molecule has 2 heterocycles. The zero-order valence-corrected chi connectivity index (χ0v) is 13.0. The van der Waals surface area contributed by atoms with E-state index in [1.54, 1.807) is 0 Å². The van der Waals surface area contributed by atoms with Gasteiger partial charge >= 0.3 is 0 Å². The van der Waals surface area contributed by atoms with Crippen LogP contribution in [-0.2, 0) is 0 Å². The fraction of sp³-hybridized carbons (Fsp3) is 0.300. The first kappa shape index (κ1) is 14.5. The summed E-state index contributed by atoms with van der Waals surface area (Å²) in [6.45, 7) is 1.71. The summed E-state index contributed by atoms with van der Waals surface area (Å²) in [5.41, 5.74) is 4.68. The second-order valence-electron chi connectivity index (χ2n) is 6.27. The Labute approximate surface area is 136 Å². The van der Waals surface area contributed by atoms with Gasteiger partial charge in [-0.05, 0) is 60.7 Å². The van der Waals surface area contributed by atoms with Crippen molar-refractivity contribution in [1.82, 2.24) is 5.32 Å². The van der Waals surface area contributed by atoms with Crippen LogP contribution in [0.3, 0.4) is 0 Å². The molecule has 1 unspecified atom stereocenters. The highest BCUT2D eigenvalue weighted by Crippen LogP contribution is 2.39. The van der Waals surface area contributed by atoms with Gasteiger partial charge in [-0.3, -0.25) is 0 Å². The van der Waals surface area contributed by atoms with Crippen molar-refractivity contribution in [3.8, 4) is 5.75 Å². The lowest BCUT2D eigenvalue weighted by molar-refractivity contribution is 0.337. The van der Waals surface area contributed by atoms with E-state index in [4.69, 9.17) is 4.74 Å². The Kier molecular flexibility index (Phi) is 3.88. The topological polar surface area (TPSA) is 21.3 Å². The van der Waals surface area contributed by atoms with Gasteiger partial charge < -0.3 is 10.1 Å². The van der Waals surface area contributed by atoms with Gasteiger partial charge in [-0.25, -0.2) is 4.39 Å². The molecular weight excluding hydrogens is 289 g/mol.